The molecule has 0 aliphatic rings. The molecule has 0 amide bonds. The molecular weight excluding hydrogens is 192 g/mol. The molecule has 0 aromatic heterocycles. The predicted octanol–water partition coefficient (Wildman–Crippen LogP) is 1.17. The van der Waals surface area contributed by atoms with Crippen molar-refractivity contribution in [3.8, 4) is 0 Å². The normalized spacial score (nSPS) is 13.1. The van der Waals surface area contributed by atoms with E-state index in [1.165, 1.54) is 0 Å². The van der Waals surface area contributed by atoms with Gasteiger partial charge in [0, 0.05) is 6.54 Å². The van der Waals surface area contributed by atoms with Gasteiger partial charge in [-0.15, -0.1) is 0 Å². The number of rotatable bonds is 9. The van der Waals surface area contributed by atoms with Gasteiger partial charge in [0.15, 0.2) is 0 Å². The lowest BCUT2D eigenvalue weighted by Crippen LogP contribution is -2.38. The molecule has 0 rings (SSSR count). The molecule has 0 aromatic rings. The Morgan fingerprint density at radius 3 is 2.13 bits per heavy atom. The SMILES string of the molecule is CCCN(CCC)CCC(NC)C(=O)O. The average molecular weight is 216 g/mol. The Balaban J connectivity index is 3.89. The molecule has 1 unspecified atom stereocenters. The number of carboxylic acid groups (broad SMARTS) is 1. The zero-order valence-corrected chi connectivity index (χ0v) is 10.1. The average Bonchev–Trinajstić information content (AvgIpc) is 2.18. The number of likely N-dealkylation sites (N-methyl/N-ethyl adjacent to an activating group) is 1. The van der Waals surface area contributed by atoms with Gasteiger partial charge in [-0.05, 0) is 39.4 Å². The van der Waals surface area contributed by atoms with Crippen molar-refractivity contribution in [2.45, 2.75) is 39.2 Å². The monoisotopic (exact) mass is 216 g/mol. The van der Waals surface area contributed by atoms with E-state index in [0.717, 1.165) is 32.5 Å². The molecule has 0 radical (unpaired) electrons. The van der Waals surface area contributed by atoms with Crippen molar-refractivity contribution in [1.82, 2.24) is 10.2 Å². The molecule has 0 aliphatic carbocycles. The van der Waals surface area contributed by atoms with Crippen molar-refractivity contribution in [2.24, 2.45) is 0 Å². The first kappa shape index (κ1) is 14.4. The van der Waals surface area contributed by atoms with Crippen molar-refractivity contribution in [3.05, 3.63) is 0 Å². The molecule has 0 fully saturated rings. The fraction of sp³-hybridized carbons (Fsp3) is 0.909. The van der Waals surface area contributed by atoms with Gasteiger partial charge in [-0.2, -0.15) is 0 Å². The second-order valence-electron chi connectivity index (χ2n) is 3.81. The fourth-order valence-electron chi connectivity index (χ4n) is 1.67. The number of hydrogen-bond acceptors (Lipinski definition) is 3. The van der Waals surface area contributed by atoms with Gasteiger partial charge >= 0.3 is 5.97 Å². The molecule has 0 bridgehead atoms. The minimum absolute atomic E-state index is 0.416. The Labute approximate surface area is 92.7 Å². The molecule has 15 heavy (non-hydrogen) atoms. The third kappa shape index (κ3) is 6.47. The molecule has 0 heterocycles. The fourth-order valence-corrected chi connectivity index (χ4v) is 1.67. The van der Waals surface area contributed by atoms with Crippen LogP contribution in [-0.4, -0.2) is 48.7 Å². The summed E-state index contributed by atoms with van der Waals surface area (Å²) in [5, 5.41) is 11.7. The summed E-state index contributed by atoms with van der Waals surface area (Å²) in [5.74, 6) is -0.759. The topological polar surface area (TPSA) is 52.6 Å². The van der Waals surface area contributed by atoms with Gasteiger partial charge in [-0.3, -0.25) is 4.79 Å². The van der Waals surface area contributed by atoms with Crippen LogP contribution in [0.25, 0.3) is 0 Å². The maximum Gasteiger partial charge on any atom is 0.320 e. The van der Waals surface area contributed by atoms with Crippen LogP contribution in [0.5, 0.6) is 0 Å². The largest absolute Gasteiger partial charge is 0.480 e. The standard InChI is InChI=1S/C11H24N2O2/c1-4-7-13(8-5-2)9-6-10(12-3)11(14)15/h10,12H,4-9H2,1-3H3,(H,14,15). The number of carboxylic acids is 1. The Kier molecular flexibility index (Phi) is 8.33. The van der Waals surface area contributed by atoms with Crippen LogP contribution in [0.3, 0.4) is 0 Å². The Morgan fingerprint density at radius 2 is 1.80 bits per heavy atom. The van der Waals surface area contributed by atoms with E-state index in [-0.39, 0.29) is 0 Å². The molecule has 2 N–H and O–H groups in total. The first-order valence-corrected chi connectivity index (χ1v) is 5.78. The highest BCUT2D eigenvalue weighted by molar-refractivity contribution is 5.73. The van der Waals surface area contributed by atoms with Crippen molar-refractivity contribution >= 4 is 5.97 Å². The lowest BCUT2D eigenvalue weighted by molar-refractivity contribution is -0.139. The quantitative estimate of drug-likeness (QED) is 0.607. The summed E-state index contributed by atoms with van der Waals surface area (Å²) < 4.78 is 0. The maximum atomic E-state index is 10.8. The van der Waals surface area contributed by atoms with Crippen LogP contribution in [-0.2, 0) is 4.79 Å². The Morgan fingerprint density at radius 1 is 1.27 bits per heavy atom. The summed E-state index contributed by atoms with van der Waals surface area (Å²) in [4.78, 5) is 13.1. The highest BCUT2D eigenvalue weighted by Gasteiger charge is 2.15. The third-order valence-electron chi connectivity index (χ3n) is 2.46. The lowest BCUT2D eigenvalue weighted by atomic mass is 10.2. The molecule has 0 saturated carbocycles. The number of nitrogens with zero attached hydrogens (tertiary/aromatic N) is 1. The van der Waals surface area contributed by atoms with Crippen molar-refractivity contribution < 1.29 is 9.90 Å². The maximum absolute atomic E-state index is 10.8. The third-order valence-corrected chi connectivity index (χ3v) is 2.46. The van der Waals surface area contributed by atoms with Crippen LogP contribution < -0.4 is 5.32 Å². The molecule has 0 aliphatic heterocycles. The van der Waals surface area contributed by atoms with Gasteiger partial charge in [0.1, 0.15) is 6.04 Å². The van der Waals surface area contributed by atoms with E-state index in [2.05, 4.69) is 24.1 Å². The molecule has 4 nitrogen and oxygen atoms in total. The van der Waals surface area contributed by atoms with Gasteiger partial charge in [-0.1, -0.05) is 13.8 Å². The van der Waals surface area contributed by atoms with Crippen molar-refractivity contribution in [1.29, 1.82) is 0 Å². The summed E-state index contributed by atoms with van der Waals surface area (Å²) in [6.07, 6.45) is 2.92. The van der Waals surface area contributed by atoms with E-state index in [9.17, 15) is 4.79 Å². The zero-order chi connectivity index (χ0) is 11.7. The van der Waals surface area contributed by atoms with Crippen LogP contribution in [0.15, 0.2) is 0 Å². The van der Waals surface area contributed by atoms with Crippen LogP contribution in [0, 0.1) is 0 Å². The second kappa shape index (κ2) is 8.68. The minimum atomic E-state index is -0.759. The van der Waals surface area contributed by atoms with E-state index in [1.54, 1.807) is 7.05 Å². The Hall–Kier alpha value is -0.610. The molecule has 0 saturated heterocycles. The van der Waals surface area contributed by atoms with Crippen LogP contribution in [0.4, 0.5) is 0 Å². The van der Waals surface area contributed by atoms with Crippen molar-refractivity contribution in [2.75, 3.05) is 26.7 Å². The van der Waals surface area contributed by atoms with Gasteiger partial charge < -0.3 is 15.3 Å². The van der Waals surface area contributed by atoms with Crippen LogP contribution in [0.2, 0.25) is 0 Å². The number of carbonyl (C=O) groups is 1. The molecule has 90 valence electrons. The first-order valence-electron chi connectivity index (χ1n) is 5.78. The highest BCUT2D eigenvalue weighted by atomic mass is 16.4. The zero-order valence-electron chi connectivity index (χ0n) is 10.1. The summed E-state index contributed by atoms with van der Waals surface area (Å²) >= 11 is 0. The van der Waals surface area contributed by atoms with Crippen LogP contribution >= 0.6 is 0 Å². The Bertz CT molecular complexity index is 168. The van der Waals surface area contributed by atoms with Gasteiger partial charge in [0.25, 0.3) is 0 Å². The highest BCUT2D eigenvalue weighted by Crippen LogP contribution is 1.99. The summed E-state index contributed by atoms with van der Waals surface area (Å²) in [6.45, 7) is 7.28. The lowest BCUT2D eigenvalue weighted by Gasteiger charge is -2.22. The molecule has 0 aromatic carbocycles. The van der Waals surface area contributed by atoms with E-state index >= 15 is 0 Å². The number of hydrogen-bond donors (Lipinski definition) is 2. The van der Waals surface area contributed by atoms with Gasteiger partial charge in [0.2, 0.25) is 0 Å². The summed E-state index contributed by atoms with van der Waals surface area (Å²) in [6, 6.07) is -0.416. The van der Waals surface area contributed by atoms with Gasteiger partial charge in [-0.25, -0.2) is 0 Å². The molecule has 1 atom stereocenters. The second-order valence-corrected chi connectivity index (χ2v) is 3.81. The number of nitrogens with one attached hydrogen (secondary N) is 1. The molecular formula is C11H24N2O2. The van der Waals surface area contributed by atoms with E-state index in [0.29, 0.717) is 6.42 Å². The smallest absolute Gasteiger partial charge is 0.320 e. The minimum Gasteiger partial charge on any atom is -0.480 e. The predicted molar refractivity (Wildman–Crippen MR) is 62.1 cm³/mol. The van der Waals surface area contributed by atoms with E-state index in [1.807, 2.05) is 0 Å². The molecule has 0 spiro atoms. The number of aliphatic carboxylic acids is 1. The van der Waals surface area contributed by atoms with E-state index in [4.69, 9.17) is 5.11 Å². The van der Waals surface area contributed by atoms with Gasteiger partial charge in [0.05, 0.1) is 0 Å². The van der Waals surface area contributed by atoms with Crippen molar-refractivity contribution in [3.63, 3.8) is 0 Å². The summed E-state index contributed by atoms with van der Waals surface area (Å²) in [7, 11) is 1.70. The molecule has 4 heteroatoms. The van der Waals surface area contributed by atoms with Crippen LogP contribution in [0.1, 0.15) is 33.1 Å². The summed E-state index contributed by atoms with van der Waals surface area (Å²) in [5.41, 5.74) is 0. The first-order chi connectivity index (χ1) is 7.15. The van der Waals surface area contributed by atoms with E-state index < -0.39 is 12.0 Å².